The zero-order valence-corrected chi connectivity index (χ0v) is 16.3. The second kappa shape index (κ2) is 8.13. The molecule has 2 amide bonds. The predicted octanol–water partition coefficient (Wildman–Crippen LogP) is 3.07. The van der Waals surface area contributed by atoms with Crippen molar-refractivity contribution in [3.05, 3.63) is 57.3 Å². The van der Waals surface area contributed by atoms with Crippen LogP contribution < -0.4 is 0 Å². The van der Waals surface area contributed by atoms with Gasteiger partial charge in [0.1, 0.15) is 0 Å². The third-order valence-electron chi connectivity index (χ3n) is 5.22. The molecule has 6 nitrogen and oxygen atoms in total. The fourth-order valence-electron chi connectivity index (χ4n) is 3.76. The zero-order chi connectivity index (χ0) is 19.5. The van der Waals surface area contributed by atoms with Crippen molar-refractivity contribution >= 4 is 23.2 Å². The lowest BCUT2D eigenvalue weighted by Gasteiger charge is -2.26. The van der Waals surface area contributed by atoms with E-state index in [1.807, 2.05) is 21.9 Å². The number of hydrogen-bond acceptors (Lipinski definition) is 5. The Labute approximate surface area is 167 Å². The van der Waals surface area contributed by atoms with Crippen molar-refractivity contribution < 1.29 is 14.3 Å². The number of morpholine rings is 1. The number of benzene rings is 1. The Morgan fingerprint density at radius 2 is 1.93 bits per heavy atom. The largest absolute Gasteiger partial charge is 0.378 e. The van der Waals surface area contributed by atoms with E-state index in [1.165, 1.54) is 11.3 Å². The molecule has 0 saturated carbocycles. The van der Waals surface area contributed by atoms with Gasteiger partial charge in [0.2, 0.25) is 0 Å². The summed E-state index contributed by atoms with van der Waals surface area (Å²) in [5.74, 6) is -0.0220. The summed E-state index contributed by atoms with van der Waals surface area (Å²) >= 11 is 1.48. The minimum absolute atomic E-state index is 0.0190. The molecular formula is C21H21N3O3S. The van der Waals surface area contributed by atoms with Gasteiger partial charge in [-0.2, -0.15) is 5.26 Å². The number of hydrogen-bond donors (Lipinski definition) is 0. The molecule has 2 fully saturated rings. The molecule has 1 atom stereocenters. The van der Waals surface area contributed by atoms with Crippen LogP contribution in [0.4, 0.5) is 0 Å². The highest BCUT2D eigenvalue weighted by Crippen LogP contribution is 2.37. The van der Waals surface area contributed by atoms with E-state index in [0.717, 1.165) is 17.7 Å². The predicted molar refractivity (Wildman–Crippen MR) is 105 cm³/mol. The average molecular weight is 395 g/mol. The van der Waals surface area contributed by atoms with Crippen LogP contribution in [0, 0.1) is 11.3 Å². The number of carbonyl (C=O) groups is 2. The molecule has 0 spiro atoms. The number of nitriles is 1. The summed E-state index contributed by atoms with van der Waals surface area (Å²) in [6, 6.07) is 12.7. The van der Waals surface area contributed by atoms with Crippen molar-refractivity contribution in [1.29, 1.82) is 5.26 Å². The summed E-state index contributed by atoms with van der Waals surface area (Å²) in [4.78, 5) is 31.2. The highest BCUT2D eigenvalue weighted by molar-refractivity contribution is 7.14. The number of likely N-dealkylation sites (tertiary alicyclic amines) is 1. The molecule has 2 aliphatic heterocycles. The summed E-state index contributed by atoms with van der Waals surface area (Å²) < 4.78 is 5.32. The van der Waals surface area contributed by atoms with Crippen LogP contribution in [0.25, 0.3) is 0 Å². The van der Waals surface area contributed by atoms with Crippen LogP contribution in [0.2, 0.25) is 0 Å². The summed E-state index contributed by atoms with van der Waals surface area (Å²) in [6.07, 6.45) is 1.81. The first-order valence-corrected chi connectivity index (χ1v) is 10.3. The van der Waals surface area contributed by atoms with Gasteiger partial charge in [0.05, 0.1) is 35.8 Å². The Hall–Kier alpha value is -2.69. The molecule has 0 bridgehead atoms. The molecule has 144 valence electrons. The van der Waals surface area contributed by atoms with Gasteiger partial charge < -0.3 is 14.5 Å². The van der Waals surface area contributed by atoms with Gasteiger partial charge in [0.25, 0.3) is 11.8 Å². The molecule has 0 N–H and O–H groups in total. The van der Waals surface area contributed by atoms with E-state index in [1.54, 1.807) is 24.3 Å². The molecule has 0 radical (unpaired) electrons. The van der Waals surface area contributed by atoms with Crippen molar-refractivity contribution in [2.75, 3.05) is 32.8 Å². The first kappa shape index (κ1) is 18.7. The van der Waals surface area contributed by atoms with Crippen LogP contribution in [-0.4, -0.2) is 54.5 Å². The third kappa shape index (κ3) is 3.66. The van der Waals surface area contributed by atoms with Gasteiger partial charge in [-0.1, -0.05) is 6.07 Å². The summed E-state index contributed by atoms with van der Waals surface area (Å²) in [5.41, 5.74) is 1.02. The van der Waals surface area contributed by atoms with E-state index >= 15 is 0 Å². The lowest BCUT2D eigenvalue weighted by molar-refractivity contribution is 0.0306. The zero-order valence-electron chi connectivity index (χ0n) is 15.5. The molecule has 2 aliphatic rings. The molecule has 0 aliphatic carbocycles. The van der Waals surface area contributed by atoms with Gasteiger partial charge in [0.15, 0.2) is 0 Å². The fourth-order valence-corrected chi connectivity index (χ4v) is 4.89. The quantitative estimate of drug-likeness (QED) is 0.801. The standard InChI is InChI=1S/C21H21N3O3S/c22-14-15-3-1-4-16(13-15)20(25)24-8-2-5-17(24)18-6-7-19(28-18)21(26)23-9-11-27-12-10-23/h1,3-4,6-7,13,17H,2,5,8-12H2. The molecule has 7 heteroatoms. The fraction of sp³-hybridized carbons (Fsp3) is 0.381. The Kier molecular flexibility index (Phi) is 5.42. The highest BCUT2D eigenvalue weighted by atomic mass is 32.1. The van der Waals surface area contributed by atoms with Crippen LogP contribution in [0.5, 0.6) is 0 Å². The normalized spacial score (nSPS) is 19.5. The third-order valence-corrected chi connectivity index (χ3v) is 6.39. The maximum Gasteiger partial charge on any atom is 0.264 e. The Balaban J connectivity index is 1.52. The Morgan fingerprint density at radius 3 is 2.71 bits per heavy atom. The van der Waals surface area contributed by atoms with Crippen molar-refractivity contribution in [2.24, 2.45) is 0 Å². The van der Waals surface area contributed by atoms with Crippen LogP contribution >= 0.6 is 11.3 Å². The molecule has 2 aromatic rings. The maximum absolute atomic E-state index is 13.0. The van der Waals surface area contributed by atoms with E-state index in [2.05, 4.69) is 6.07 Å². The molecule has 3 heterocycles. The first-order chi connectivity index (χ1) is 13.7. The van der Waals surface area contributed by atoms with Crippen molar-refractivity contribution in [1.82, 2.24) is 9.80 Å². The van der Waals surface area contributed by atoms with E-state index in [9.17, 15) is 9.59 Å². The van der Waals surface area contributed by atoms with Crippen molar-refractivity contribution in [2.45, 2.75) is 18.9 Å². The van der Waals surface area contributed by atoms with Gasteiger partial charge in [-0.15, -0.1) is 11.3 Å². The van der Waals surface area contributed by atoms with Crippen molar-refractivity contribution in [3.63, 3.8) is 0 Å². The molecule has 1 aromatic heterocycles. The van der Waals surface area contributed by atoms with Crippen molar-refractivity contribution in [3.8, 4) is 6.07 Å². The van der Waals surface area contributed by atoms with E-state index in [0.29, 0.717) is 48.9 Å². The number of rotatable bonds is 3. The maximum atomic E-state index is 13.0. The van der Waals surface area contributed by atoms with Crippen LogP contribution in [-0.2, 0) is 4.74 Å². The Bertz CT molecular complexity index is 927. The minimum Gasteiger partial charge on any atom is -0.378 e. The van der Waals surface area contributed by atoms with Gasteiger partial charge >= 0.3 is 0 Å². The second-order valence-electron chi connectivity index (χ2n) is 6.96. The van der Waals surface area contributed by atoms with Gasteiger partial charge in [0, 0.05) is 30.1 Å². The number of amides is 2. The lowest BCUT2D eigenvalue weighted by atomic mass is 10.1. The van der Waals surface area contributed by atoms with Crippen LogP contribution in [0.3, 0.4) is 0 Å². The summed E-state index contributed by atoms with van der Waals surface area (Å²) in [6.45, 7) is 3.09. The van der Waals surface area contributed by atoms with Gasteiger partial charge in [-0.3, -0.25) is 9.59 Å². The highest BCUT2D eigenvalue weighted by Gasteiger charge is 2.32. The van der Waals surface area contributed by atoms with Crippen LogP contribution in [0.1, 0.15) is 49.4 Å². The molecule has 28 heavy (non-hydrogen) atoms. The Morgan fingerprint density at radius 1 is 1.11 bits per heavy atom. The number of ether oxygens (including phenoxy) is 1. The topological polar surface area (TPSA) is 73.6 Å². The summed E-state index contributed by atoms with van der Waals surface area (Å²) in [7, 11) is 0. The van der Waals surface area contributed by atoms with Gasteiger partial charge in [-0.05, 0) is 43.2 Å². The number of carbonyl (C=O) groups excluding carboxylic acids is 2. The molecule has 4 rings (SSSR count). The average Bonchev–Trinajstić information content (AvgIpc) is 3.43. The lowest BCUT2D eigenvalue weighted by Crippen LogP contribution is -2.40. The number of nitrogens with zero attached hydrogens (tertiary/aromatic N) is 3. The van der Waals surface area contributed by atoms with E-state index in [-0.39, 0.29) is 17.9 Å². The minimum atomic E-state index is -0.0611. The summed E-state index contributed by atoms with van der Waals surface area (Å²) in [5, 5.41) is 9.08. The molecular weight excluding hydrogens is 374 g/mol. The van der Waals surface area contributed by atoms with Crippen LogP contribution in [0.15, 0.2) is 36.4 Å². The monoisotopic (exact) mass is 395 g/mol. The number of thiophene rings is 1. The first-order valence-electron chi connectivity index (χ1n) is 9.45. The van der Waals surface area contributed by atoms with E-state index < -0.39 is 0 Å². The molecule has 2 saturated heterocycles. The smallest absolute Gasteiger partial charge is 0.264 e. The molecule has 1 aromatic carbocycles. The SMILES string of the molecule is N#Cc1cccc(C(=O)N2CCCC2c2ccc(C(=O)N3CCOCC3)s2)c1. The van der Waals surface area contributed by atoms with Gasteiger partial charge in [-0.25, -0.2) is 0 Å². The molecule has 1 unspecified atom stereocenters. The second-order valence-corrected chi connectivity index (χ2v) is 8.07. The van der Waals surface area contributed by atoms with E-state index in [4.69, 9.17) is 10.00 Å².